The number of fused-ring (bicyclic) bond motifs is 2. The lowest BCUT2D eigenvalue weighted by atomic mass is 9.62. The van der Waals surface area contributed by atoms with Gasteiger partial charge in [0.25, 0.3) is 0 Å². The summed E-state index contributed by atoms with van der Waals surface area (Å²) < 4.78 is 0. The molecule has 4 rings (SSSR count). The van der Waals surface area contributed by atoms with Crippen LogP contribution >= 0.6 is 0 Å². The highest BCUT2D eigenvalue weighted by Gasteiger charge is 2.38. The molecule has 3 unspecified atom stereocenters. The van der Waals surface area contributed by atoms with Crippen LogP contribution in [0.25, 0.3) is 5.57 Å². The fraction of sp³-hybridized carbons (Fsp3) is 0.333. The Balaban J connectivity index is 2.07. The number of rotatable bonds is 4. The summed E-state index contributed by atoms with van der Waals surface area (Å²) in [6.45, 7) is 11.4. The van der Waals surface area contributed by atoms with Crippen LogP contribution in [0.4, 0.5) is 0 Å². The molecule has 0 amide bonds. The fourth-order valence-corrected chi connectivity index (χ4v) is 5.38. The highest BCUT2D eigenvalue weighted by atomic mass is 14.4. The minimum atomic E-state index is 0.411. The predicted octanol–water partition coefficient (Wildman–Crippen LogP) is 8.40. The molecule has 0 fully saturated rings. The van der Waals surface area contributed by atoms with Gasteiger partial charge in [-0.15, -0.1) is 0 Å². The summed E-state index contributed by atoms with van der Waals surface area (Å²) in [5, 5.41) is 0. The first-order valence-corrected chi connectivity index (χ1v) is 11.5. The maximum absolute atomic E-state index is 2.46. The summed E-state index contributed by atoms with van der Waals surface area (Å²) in [6, 6.07) is 11.0. The lowest BCUT2D eigenvalue weighted by Crippen LogP contribution is -2.27. The Hall–Kier alpha value is -2.60. The van der Waals surface area contributed by atoms with Crippen LogP contribution < -0.4 is 0 Å². The molecule has 0 aromatic heterocycles. The van der Waals surface area contributed by atoms with Crippen molar-refractivity contribution in [2.45, 2.75) is 47.5 Å². The largest absolute Gasteiger partial charge is 0.0842 e. The molecule has 0 radical (unpaired) electrons. The van der Waals surface area contributed by atoms with Crippen LogP contribution in [0.15, 0.2) is 106 Å². The zero-order valence-electron chi connectivity index (χ0n) is 19.1. The van der Waals surface area contributed by atoms with Crippen molar-refractivity contribution in [1.29, 1.82) is 0 Å². The third-order valence-electron chi connectivity index (χ3n) is 6.62. The number of benzene rings is 1. The van der Waals surface area contributed by atoms with Crippen LogP contribution in [0.1, 0.15) is 53.0 Å². The summed E-state index contributed by atoms with van der Waals surface area (Å²) >= 11 is 0. The van der Waals surface area contributed by atoms with Crippen LogP contribution in [0.2, 0.25) is 0 Å². The molecule has 154 valence electrons. The third kappa shape index (κ3) is 3.65. The Morgan fingerprint density at radius 2 is 1.90 bits per heavy atom. The molecule has 3 aliphatic carbocycles. The van der Waals surface area contributed by atoms with Gasteiger partial charge in [0.1, 0.15) is 0 Å². The van der Waals surface area contributed by atoms with Gasteiger partial charge in [0.15, 0.2) is 0 Å². The topological polar surface area (TPSA) is 0 Å². The smallest absolute Gasteiger partial charge is 0.0165 e. The summed E-state index contributed by atoms with van der Waals surface area (Å²) in [7, 11) is 0. The van der Waals surface area contributed by atoms with Crippen molar-refractivity contribution in [2.24, 2.45) is 17.8 Å². The molecule has 0 heteroatoms. The van der Waals surface area contributed by atoms with E-state index < -0.39 is 0 Å². The average Bonchev–Trinajstić information content (AvgIpc) is 2.74. The Labute approximate surface area is 182 Å². The van der Waals surface area contributed by atoms with E-state index in [1.165, 1.54) is 33.4 Å². The van der Waals surface area contributed by atoms with Crippen LogP contribution in [0.5, 0.6) is 0 Å². The normalized spacial score (nSPS) is 26.6. The van der Waals surface area contributed by atoms with E-state index in [-0.39, 0.29) is 0 Å². The van der Waals surface area contributed by atoms with Gasteiger partial charge in [-0.2, -0.15) is 0 Å². The summed E-state index contributed by atoms with van der Waals surface area (Å²) in [6.07, 6.45) is 18.9. The van der Waals surface area contributed by atoms with E-state index in [1.807, 2.05) is 0 Å². The first-order chi connectivity index (χ1) is 14.5. The molecule has 3 aliphatic rings. The van der Waals surface area contributed by atoms with Crippen molar-refractivity contribution in [2.75, 3.05) is 0 Å². The van der Waals surface area contributed by atoms with Crippen LogP contribution in [-0.4, -0.2) is 0 Å². The van der Waals surface area contributed by atoms with Gasteiger partial charge in [-0.25, -0.2) is 0 Å². The van der Waals surface area contributed by atoms with Crippen LogP contribution in [0.3, 0.4) is 0 Å². The van der Waals surface area contributed by atoms with Crippen molar-refractivity contribution >= 4 is 5.57 Å². The zero-order valence-corrected chi connectivity index (χ0v) is 19.1. The van der Waals surface area contributed by atoms with E-state index in [2.05, 4.69) is 107 Å². The predicted molar refractivity (Wildman–Crippen MR) is 131 cm³/mol. The minimum absolute atomic E-state index is 0.411. The van der Waals surface area contributed by atoms with E-state index in [9.17, 15) is 0 Å². The Morgan fingerprint density at radius 3 is 2.60 bits per heavy atom. The van der Waals surface area contributed by atoms with E-state index in [0.29, 0.717) is 17.8 Å². The van der Waals surface area contributed by atoms with E-state index >= 15 is 0 Å². The van der Waals surface area contributed by atoms with Gasteiger partial charge < -0.3 is 0 Å². The van der Waals surface area contributed by atoms with Crippen molar-refractivity contribution in [3.05, 3.63) is 112 Å². The van der Waals surface area contributed by atoms with Gasteiger partial charge in [0, 0.05) is 5.92 Å². The van der Waals surface area contributed by atoms with Gasteiger partial charge in [-0.05, 0) is 77.5 Å². The van der Waals surface area contributed by atoms with Crippen molar-refractivity contribution in [3.63, 3.8) is 0 Å². The van der Waals surface area contributed by atoms with E-state index in [1.54, 1.807) is 11.1 Å². The maximum atomic E-state index is 2.46. The molecule has 0 aliphatic heterocycles. The van der Waals surface area contributed by atoms with Crippen LogP contribution in [-0.2, 0) is 0 Å². The SMILES string of the molecule is C/C=C(\C=C/CC)C1=C2CC(C)C=CC2=C(c2ccccc2)C2=CC(C)=CC(C)C21. The summed E-state index contributed by atoms with van der Waals surface area (Å²) in [5.41, 5.74) is 11.6. The molecular formula is C30H34. The second kappa shape index (κ2) is 8.64. The second-order valence-electron chi connectivity index (χ2n) is 8.99. The minimum Gasteiger partial charge on any atom is -0.0842 e. The highest BCUT2D eigenvalue weighted by Crippen LogP contribution is 2.53. The van der Waals surface area contributed by atoms with Crippen molar-refractivity contribution in [3.8, 4) is 0 Å². The molecule has 3 atom stereocenters. The molecular weight excluding hydrogens is 360 g/mol. The summed E-state index contributed by atoms with van der Waals surface area (Å²) in [4.78, 5) is 0. The Morgan fingerprint density at radius 1 is 1.13 bits per heavy atom. The lowest BCUT2D eigenvalue weighted by Gasteiger charge is -2.41. The fourth-order valence-electron chi connectivity index (χ4n) is 5.38. The number of hydrogen-bond acceptors (Lipinski definition) is 0. The Kier molecular flexibility index (Phi) is 5.95. The highest BCUT2D eigenvalue weighted by molar-refractivity contribution is 5.91. The van der Waals surface area contributed by atoms with Gasteiger partial charge in [0.05, 0.1) is 0 Å². The van der Waals surface area contributed by atoms with E-state index in [4.69, 9.17) is 0 Å². The molecule has 0 saturated heterocycles. The third-order valence-corrected chi connectivity index (χ3v) is 6.62. The zero-order chi connectivity index (χ0) is 21.3. The first kappa shape index (κ1) is 20.7. The van der Waals surface area contributed by atoms with Gasteiger partial charge in [0.2, 0.25) is 0 Å². The maximum Gasteiger partial charge on any atom is 0.0165 e. The quantitative estimate of drug-likeness (QED) is 0.450. The second-order valence-corrected chi connectivity index (χ2v) is 8.99. The molecule has 0 heterocycles. The van der Waals surface area contributed by atoms with Gasteiger partial charge in [-0.1, -0.05) is 99.2 Å². The molecule has 0 N–H and O–H groups in total. The van der Waals surface area contributed by atoms with Gasteiger partial charge in [-0.3, -0.25) is 0 Å². The standard InChI is InChI=1S/C30H34/c1-6-8-12-23(7-2)30-26-18-20(3)15-16-25(26)29(24-13-10-9-11-14-24)27-19-21(4)17-22(5)28(27)30/h7-17,19-20,22,28H,6,18H2,1-5H3/b12-8-,23-7+. The molecule has 0 saturated carbocycles. The average molecular weight is 395 g/mol. The van der Waals surface area contributed by atoms with Crippen LogP contribution in [0, 0.1) is 17.8 Å². The van der Waals surface area contributed by atoms with Crippen molar-refractivity contribution in [1.82, 2.24) is 0 Å². The monoisotopic (exact) mass is 394 g/mol. The molecule has 0 bridgehead atoms. The number of allylic oxidation sites excluding steroid dienone is 14. The first-order valence-electron chi connectivity index (χ1n) is 11.5. The summed E-state index contributed by atoms with van der Waals surface area (Å²) in [5.74, 6) is 1.47. The molecule has 1 aromatic carbocycles. The molecule has 30 heavy (non-hydrogen) atoms. The molecule has 0 nitrogen and oxygen atoms in total. The number of hydrogen-bond donors (Lipinski definition) is 0. The van der Waals surface area contributed by atoms with Gasteiger partial charge >= 0.3 is 0 Å². The molecule has 1 aromatic rings. The molecule has 0 spiro atoms. The lowest BCUT2D eigenvalue weighted by molar-refractivity contribution is 0.545. The Bertz CT molecular complexity index is 1030. The van der Waals surface area contributed by atoms with E-state index in [0.717, 1.165) is 12.8 Å². The van der Waals surface area contributed by atoms with Crippen molar-refractivity contribution < 1.29 is 0 Å².